The second kappa shape index (κ2) is 9.26. The first-order valence-electron chi connectivity index (χ1n) is 11.0. The van der Waals surface area contributed by atoms with Gasteiger partial charge in [0, 0.05) is 30.5 Å². The van der Waals surface area contributed by atoms with Crippen molar-refractivity contribution in [2.45, 2.75) is 44.9 Å². The summed E-state index contributed by atoms with van der Waals surface area (Å²) in [5.74, 6) is 2.82. The highest BCUT2D eigenvalue weighted by atomic mass is 16.5. The molecule has 4 rings (SSSR count). The molecule has 0 amide bonds. The van der Waals surface area contributed by atoms with Crippen molar-refractivity contribution >= 4 is 10.9 Å². The van der Waals surface area contributed by atoms with Crippen molar-refractivity contribution in [2.24, 2.45) is 0 Å². The summed E-state index contributed by atoms with van der Waals surface area (Å²) >= 11 is 0. The van der Waals surface area contributed by atoms with Crippen molar-refractivity contribution in [3.05, 3.63) is 23.7 Å². The molecule has 2 aliphatic rings. The maximum Gasteiger partial charge on any atom is 0.163 e. The molecule has 2 fully saturated rings. The summed E-state index contributed by atoms with van der Waals surface area (Å²) in [4.78, 5) is 14.5. The molecule has 2 aromatic rings. The Hall–Kier alpha value is -1.92. The molecule has 0 spiro atoms. The van der Waals surface area contributed by atoms with Gasteiger partial charge in [-0.25, -0.2) is 9.97 Å². The average Bonchev–Trinajstić information content (AvgIpc) is 3.23. The minimum Gasteiger partial charge on any atom is -0.493 e. The Morgan fingerprint density at radius 2 is 1.90 bits per heavy atom. The second-order valence-corrected chi connectivity index (χ2v) is 8.53. The number of piperidine rings is 1. The number of aryl methyl sites for hydroxylation is 1. The number of likely N-dealkylation sites (N-methyl/N-ethyl adjacent to an activating group) is 1. The van der Waals surface area contributed by atoms with Gasteiger partial charge in [0.25, 0.3) is 0 Å². The first-order valence-corrected chi connectivity index (χ1v) is 11.0. The largest absolute Gasteiger partial charge is 0.493 e. The van der Waals surface area contributed by atoms with Gasteiger partial charge < -0.3 is 19.3 Å². The van der Waals surface area contributed by atoms with Gasteiger partial charge in [0.15, 0.2) is 11.5 Å². The summed E-state index contributed by atoms with van der Waals surface area (Å²) in [5.41, 5.74) is 2.11. The predicted octanol–water partition coefficient (Wildman–Crippen LogP) is 3.62. The first-order chi connectivity index (χ1) is 14.1. The fraction of sp³-hybridized carbons (Fsp3) is 0.652. The van der Waals surface area contributed by atoms with Gasteiger partial charge >= 0.3 is 0 Å². The molecule has 6 heteroatoms. The van der Waals surface area contributed by atoms with Crippen molar-refractivity contribution in [3.8, 4) is 11.5 Å². The van der Waals surface area contributed by atoms with Crippen LogP contribution in [0.5, 0.6) is 11.5 Å². The number of hydrogen-bond acceptors (Lipinski definition) is 6. The third-order valence-electron chi connectivity index (χ3n) is 6.21. The zero-order valence-electron chi connectivity index (χ0n) is 18.1. The number of nitrogens with zero attached hydrogens (tertiary/aromatic N) is 4. The van der Waals surface area contributed by atoms with Crippen LogP contribution < -0.4 is 9.47 Å². The molecular formula is C23H34N4O2. The number of rotatable bonds is 7. The molecule has 1 aromatic carbocycles. The molecular weight excluding hydrogens is 364 g/mol. The molecule has 2 aliphatic heterocycles. The van der Waals surface area contributed by atoms with Crippen LogP contribution in [-0.2, 0) is 0 Å². The van der Waals surface area contributed by atoms with Crippen molar-refractivity contribution in [1.29, 1.82) is 0 Å². The zero-order chi connectivity index (χ0) is 20.2. The monoisotopic (exact) mass is 398 g/mol. The lowest BCUT2D eigenvalue weighted by atomic mass is 9.92. The van der Waals surface area contributed by atoms with Gasteiger partial charge in [-0.1, -0.05) is 0 Å². The van der Waals surface area contributed by atoms with E-state index in [-0.39, 0.29) is 0 Å². The van der Waals surface area contributed by atoms with Crippen molar-refractivity contribution in [2.75, 3.05) is 53.5 Å². The van der Waals surface area contributed by atoms with E-state index in [1.807, 2.05) is 13.0 Å². The Morgan fingerprint density at radius 3 is 2.66 bits per heavy atom. The Kier molecular flexibility index (Phi) is 6.50. The SMILES string of the molecule is COc1cc2c(C3CCCN(C)C3)nc(C)nc2cc1OCCCN1CCCC1. The van der Waals surface area contributed by atoms with E-state index in [4.69, 9.17) is 19.4 Å². The summed E-state index contributed by atoms with van der Waals surface area (Å²) < 4.78 is 11.8. The molecule has 1 unspecified atom stereocenters. The predicted molar refractivity (Wildman–Crippen MR) is 116 cm³/mol. The Labute approximate surface area is 174 Å². The topological polar surface area (TPSA) is 50.7 Å². The molecule has 3 heterocycles. The van der Waals surface area contributed by atoms with Crippen LogP contribution in [0.1, 0.15) is 49.5 Å². The van der Waals surface area contributed by atoms with Gasteiger partial charge in [-0.2, -0.15) is 0 Å². The van der Waals surface area contributed by atoms with Crippen molar-refractivity contribution in [3.63, 3.8) is 0 Å². The van der Waals surface area contributed by atoms with Crippen LogP contribution in [0, 0.1) is 6.92 Å². The van der Waals surface area contributed by atoms with Gasteiger partial charge in [-0.15, -0.1) is 0 Å². The van der Waals surface area contributed by atoms with Gasteiger partial charge in [0.2, 0.25) is 0 Å². The molecule has 0 radical (unpaired) electrons. The minimum atomic E-state index is 0.440. The number of benzene rings is 1. The third-order valence-corrected chi connectivity index (χ3v) is 6.21. The Balaban J connectivity index is 1.54. The molecule has 158 valence electrons. The standard InChI is InChI=1S/C23H34N4O2/c1-17-24-20-15-22(29-13-7-12-27-10-4-5-11-27)21(28-3)14-19(20)23(25-17)18-8-6-9-26(2)16-18/h14-15,18H,4-13,16H2,1-3H3. The zero-order valence-corrected chi connectivity index (χ0v) is 18.1. The highest BCUT2D eigenvalue weighted by Crippen LogP contribution is 2.36. The average molecular weight is 399 g/mol. The normalized spacial score (nSPS) is 21.0. The summed E-state index contributed by atoms with van der Waals surface area (Å²) in [6.45, 7) is 8.46. The van der Waals surface area contributed by atoms with E-state index in [2.05, 4.69) is 22.9 Å². The van der Waals surface area contributed by atoms with E-state index < -0.39 is 0 Å². The molecule has 0 N–H and O–H groups in total. The Bertz CT molecular complexity index is 835. The van der Waals surface area contributed by atoms with Crippen LogP contribution in [0.15, 0.2) is 12.1 Å². The molecule has 2 saturated heterocycles. The fourth-order valence-electron chi connectivity index (χ4n) is 4.73. The van der Waals surface area contributed by atoms with E-state index in [0.717, 1.165) is 60.0 Å². The van der Waals surface area contributed by atoms with Gasteiger partial charge in [0.1, 0.15) is 5.82 Å². The second-order valence-electron chi connectivity index (χ2n) is 8.53. The summed E-state index contributed by atoms with van der Waals surface area (Å²) in [7, 11) is 3.90. The number of aromatic nitrogens is 2. The number of likely N-dealkylation sites (tertiary alicyclic amines) is 2. The Morgan fingerprint density at radius 1 is 1.07 bits per heavy atom. The lowest BCUT2D eigenvalue weighted by Crippen LogP contribution is -2.31. The van der Waals surface area contributed by atoms with Gasteiger partial charge in [-0.3, -0.25) is 0 Å². The van der Waals surface area contributed by atoms with Crippen LogP contribution in [0.2, 0.25) is 0 Å². The molecule has 29 heavy (non-hydrogen) atoms. The third kappa shape index (κ3) is 4.81. The maximum atomic E-state index is 6.12. The van der Waals surface area contributed by atoms with Crippen molar-refractivity contribution < 1.29 is 9.47 Å². The molecule has 0 bridgehead atoms. The van der Waals surface area contributed by atoms with Crippen LogP contribution in [0.25, 0.3) is 10.9 Å². The van der Waals surface area contributed by atoms with Crippen LogP contribution in [-0.4, -0.2) is 73.3 Å². The summed E-state index contributed by atoms with van der Waals surface area (Å²) in [6.07, 6.45) is 6.08. The molecule has 0 aliphatic carbocycles. The number of ether oxygens (including phenoxy) is 2. The van der Waals surface area contributed by atoms with E-state index >= 15 is 0 Å². The van der Waals surface area contributed by atoms with E-state index in [1.54, 1.807) is 7.11 Å². The van der Waals surface area contributed by atoms with Gasteiger partial charge in [-0.05, 0) is 71.8 Å². The molecule has 6 nitrogen and oxygen atoms in total. The summed E-state index contributed by atoms with van der Waals surface area (Å²) in [6, 6.07) is 4.11. The smallest absolute Gasteiger partial charge is 0.163 e. The highest BCUT2D eigenvalue weighted by Gasteiger charge is 2.24. The lowest BCUT2D eigenvalue weighted by molar-refractivity contribution is 0.249. The maximum absolute atomic E-state index is 6.12. The number of methoxy groups -OCH3 is 1. The van der Waals surface area contributed by atoms with Crippen LogP contribution in [0.4, 0.5) is 0 Å². The van der Waals surface area contributed by atoms with E-state index in [0.29, 0.717) is 12.5 Å². The number of fused-ring (bicyclic) bond motifs is 1. The highest BCUT2D eigenvalue weighted by molar-refractivity contribution is 5.85. The van der Waals surface area contributed by atoms with E-state index in [9.17, 15) is 0 Å². The number of hydrogen-bond donors (Lipinski definition) is 0. The molecule has 1 aromatic heterocycles. The first kappa shape index (κ1) is 20.4. The van der Waals surface area contributed by atoms with Crippen LogP contribution in [0.3, 0.4) is 0 Å². The van der Waals surface area contributed by atoms with Crippen LogP contribution >= 0.6 is 0 Å². The van der Waals surface area contributed by atoms with Crippen molar-refractivity contribution in [1.82, 2.24) is 19.8 Å². The quantitative estimate of drug-likeness (QED) is 0.664. The minimum absolute atomic E-state index is 0.440. The lowest BCUT2D eigenvalue weighted by Gasteiger charge is -2.30. The fourth-order valence-corrected chi connectivity index (χ4v) is 4.73. The molecule has 1 atom stereocenters. The summed E-state index contributed by atoms with van der Waals surface area (Å²) in [5, 5.41) is 1.09. The molecule has 0 saturated carbocycles. The van der Waals surface area contributed by atoms with E-state index in [1.165, 1.54) is 38.8 Å². The van der Waals surface area contributed by atoms with Gasteiger partial charge in [0.05, 0.1) is 24.9 Å².